The second-order valence-electron chi connectivity index (χ2n) is 4.70. The number of carbonyl (C=O) groups excluding carboxylic acids is 2. The van der Waals surface area contributed by atoms with Crippen molar-refractivity contribution in [2.45, 2.75) is 54.4 Å². The summed E-state index contributed by atoms with van der Waals surface area (Å²) in [5.74, 6) is 1.13. The van der Waals surface area contributed by atoms with Gasteiger partial charge in [-0.1, -0.05) is 27.7 Å². The van der Waals surface area contributed by atoms with Crippen LogP contribution in [0, 0.1) is 11.8 Å². The molecule has 0 aliphatic heterocycles. The van der Waals surface area contributed by atoms with Crippen LogP contribution in [-0.2, 0) is 14.3 Å². The maximum Gasteiger partial charge on any atom is 0.306 e. The van der Waals surface area contributed by atoms with Gasteiger partial charge >= 0.3 is 5.97 Å². The number of Topliss-reactive ketones (excluding diaryl/α,β-unsaturated/α-hetero) is 1. The quantitative estimate of drug-likeness (QED) is 0.681. The van der Waals surface area contributed by atoms with E-state index in [0.717, 1.165) is 6.42 Å². The van der Waals surface area contributed by atoms with Crippen molar-refractivity contribution in [1.29, 1.82) is 0 Å². The van der Waals surface area contributed by atoms with Crippen molar-refractivity contribution in [3.05, 3.63) is 0 Å². The zero-order valence-corrected chi connectivity index (χ0v) is 11.5. The molecule has 0 aromatic carbocycles. The predicted octanol–water partition coefficient (Wildman–Crippen LogP) is 3.22. The van der Waals surface area contributed by atoms with E-state index < -0.39 is 0 Å². The maximum absolute atomic E-state index is 10.6. The molecule has 3 nitrogen and oxygen atoms in total. The highest BCUT2D eigenvalue weighted by Gasteiger charge is 2.03. The van der Waals surface area contributed by atoms with Crippen LogP contribution in [0.1, 0.15) is 54.4 Å². The maximum atomic E-state index is 10.6. The van der Waals surface area contributed by atoms with Crippen molar-refractivity contribution >= 4 is 11.8 Å². The molecule has 0 atom stereocenters. The zero-order chi connectivity index (χ0) is 13.1. The van der Waals surface area contributed by atoms with Crippen molar-refractivity contribution in [1.82, 2.24) is 0 Å². The van der Waals surface area contributed by atoms with Gasteiger partial charge in [-0.3, -0.25) is 4.79 Å². The molecule has 0 N–H and O–H groups in total. The molecule has 0 bridgehead atoms. The van der Waals surface area contributed by atoms with Crippen molar-refractivity contribution in [2.24, 2.45) is 11.8 Å². The van der Waals surface area contributed by atoms with Crippen LogP contribution >= 0.6 is 0 Å². The summed E-state index contributed by atoms with van der Waals surface area (Å²) < 4.78 is 4.71. The molecule has 0 rings (SSSR count). The van der Waals surface area contributed by atoms with E-state index in [0.29, 0.717) is 24.9 Å². The van der Waals surface area contributed by atoms with Gasteiger partial charge in [0.2, 0.25) is 0 Å². The second-order valence-corrected chi connectivity index (χ2v) is 4.70. The third-order valence-electron chi connectivity index (χ3n) is 1.58. The van der Waals surface area contributed by atoms with Gasteiger partial charge in [-0.15, -0.1) is 0 Å². The minimum atomic E-state index is -0.0903. The summed E-state index contributed by atoms with van der Waals surface area (Å²) in [4.78, 5) is 20.9. The van der Waals surface area contributed by atoms with Gasteiger partial charge < -0.3 is 9.53 Å². The lowest BCUT2D eigenvalue weighted by molar-refractivity contribution is -0.143. The summed E-state index contributed by atoms with van der Waals surface area (Å²) >= 11 is 0. The first-order chi connectivity index (χ1) is 7.29. The van der Waals surface area contributed by atoms with E-state index in [9.17, 15) is 9.59 Å². The molecule has 0 radical (unpaired) electrons. The Morgan fingerprint density at radius 3 is 1.62 bits per heavy atom. The fourth-order valence-corrected chi connectivity index (χ4v) is 1.13. The first-order valence-electron chi connectivity index (χ1n) is 5.94. The van der Waals surface area contributed by atoms with E-state index in [1.54, 1.807) is 6.92 Å². The van der Waals surface area contributed by atoms with Crippen molar-refractivity contribution in [3.63, 3.8) is 0 Å². The Morgan fingerprint density at radius 2 is 1.44 bits per heavy atom. The van der Waals surface area contributed by atoms with Gasteiger partial charge in [-0.25, -0.2) is 0 Å². The average molecular weight is 230 g/mol. The summed E-state index contributed by atoms with van der Waals surface area (Å²) in [5, 5.41) is 0. The first-order valence-corrected chi connectivity index (χ1v) is 5.94. The van der Waals surface area contributed by atoms with Crippen molar-refractivity contribution in [3.8, 4) is 0 Å². The van der Waals surface area contributed by atoms with Crippen molar-refractivity contribution < 1.29 is 14.3 Å². The number of ether oxygens (including phenoxy) is 1. The SMILES string of the molecule is CC(=O)CC(C)C.CCOC(=O)CC(C)C. The van der Waals surface area contributed by atoms with Gasteiger partial charge in [0.25, 0.3) is 0 Å². The Bertz CT molecular complexity index is 195. The standard InChI is InChI=1S/C7H14O2.C6H12O/c1-4-9-7(8)5-6(2)3;1-5(2)4-6(3)7/h6H,4-5H2,1-3H3;5H,4H2,1-3H3. The van der Waals surface area contributed by atoms with Crippen LogP contribution in [0.3, 0.4) is 0 Å². The minimum Gasteiger partial charge on any atom is -0.466 e. The molecule has 0 aliphatic carbocycles. The van der Waals surface area contributed by atoms with Gasteiger partial charge in [-0.05, 0) is 25.7 Å². The summed E-state index contributed by atoms with van der Waals surface area (Å²) in [6.45, 7) is 12.0. The van der Waals surface area contributed by atoms with E-state index in [2.05, 4.69) is 0 Å². The molecule has 0 spiro atoms. The zero-order valence-electron chi connectivity index (χ0n) is 11.5. The highest BCUT2D eigenvalue weighted by Crippen LogP contribution is 2.00. The number of hydrogen-bond donors (Lipinski definition) is 0. The number of rotatable bonds is 5. The van der Waals surface area contributed by atoms with Crippen LogP contribution < -0.4 is 0 Å². The molecular formula is C13H26O3. The topological polar surface area (TPSA) is 43.4 Å². The largest absolute Gasteiger partial charge is 0.466 e. The second kappa shape index (κ2) is 10.7. The Hall–Kier alpha value is -0.860. The molecule has 0 aromatic heterocycles. The molecule has 0 unspecified atom stereocenters. The number of hydrogen-bond acceptors (Lipinski definition) is 3. The van der Waals surface area contributed by atoms with E-state index in [1.165, 1.54) is 0 Å². The van der Waals surface area contributed by atoms with E-state index in [1.807, 2.05) is 34.6 Å². The highest BCUT2D eigenvalue weighted by atomic mass is 16.5. The average Bonchev–Trinajstić information content (AvgIpc) is 2.00. The summed E-state index contributed by atoms with van der Waals surface area (Å²) in [6.07, 6.45) is 1.26. The monoisotopic (exact) mass is 230 g/mol. The molecule has 0 aromatic rings. The van der Waals surface area contributed by atoms with Gasteiger partial charge in [0.15, 0.2) is 0 Å². The van der Waals surface area contributed by atoms with Crippen LogP contribution in [0.4, 0.5) is 0 Å². The number of carbonyl (C=O) groups is 2. The van der Waals surface area contributed by atoms with E-state index >= 15 is 0 Å². The number of ketones is 1. The fourth-order valence-electron chi connectivity index (χ4n) is 1.13. The molecule has 0 amide bonds. The Balaban J connectivity index is 0. The molecule has 3 heteroatoms. The van der Waals surface area contributed by atoms with Crippen LogP contribution in [0.2, 0.25) is 0 Å². The first kappa shape index (κ1) is 17.5. The summed E-state index contributed by atoms with van der Waals surface area (Å²) in [7, 11) is 0. The predicted molar refractivity (Wildman–Crippen MR) is 66.2 cm³/mol. The molecule has 16 heavy (non-hydrogen) atoms. The normalized spacial score (nSPS) is 9.75. The third kappa shape index (κ3) is 18.8. The summed E-state index contributed by atoms with van der Waals surface area (Å²) in [6, 6.07) is 0. The minimum absolute atomic E-state index is 0.0903. The molecule has 0 saturated carbocycles. The van der Waals surface area contributed by atoms with Gasteiger partial charge in [-0.2, -0.15) is 0 Å². The molecular weight excluding hydrogens is 204 g/mol. The van der Waals surface area contributed by atoms with Crippen LogP contribution in [0.25, 0.3) is 0 Å². The number of esters is 1. The molecule has 0 saturated heterocycles. The lowest BCUT2D eigenvalue weighted by atomic mass is 10.1. The Labute approximate surface area is 99.6 Å². The Morgan fingerprint density at radius 1 is 1.00 bits per heavy atom. The molecule has 96 valence electrons. The third-order valence-corrected chi connectivity index (χ3v) is 1.58. The van der Waals surface area contributed by atoms with Gasteiger partial charge in [0, 0.05) is 12.8 Å². The van der Waals surface area contributed by atoms with Gasteiger partial charge in [0.1, 0.15) is 5.78 Å². The van der Waals surface area contributed by atoms with Crippen molar-refractivity contribution in [2.75, 3.05) is 6.61 Å². The molecule has 0 aliphatic rings. The fraction of sp³-hybridized carbons (Fsp3) is 0.846. The van der Waals surface area contributed by atoms with Crippen LogP contribution in [0.5, 0.6) is 0 Å². The van der Waals surface area contributed by atoms with E-state index in [4.69, 9.17) is 4.74 Å². The van der Waals surface area contributed by atoms with E-state index in [-0.39, 0.29) is 11.8 Å². The highest BCUT2D eigenvalue weighted by molar-refractivity contribution is 5.75. The lowest BCUT2D eigenvalue weighted by Gasteiger charge is -2.02. The molecule has 0 fully saturated rings. The Kier molecular flexibility index (Phi) is 11.7. The van der Waals surface area contributed by atoms with Crippen LogP contribution in [-0.4, -0.2) is 18.4 Å². The molecule has 0 heterocycles. The smallest absolute Gasteiger partial charge is 0.306 e. The summed E-state index contributed by atoms with van der Waals surface area (Å²) in [5.41, 5.74) is 0. The van der Waals surface area contributed by atoms with Crippen LogP contribution in [0.15, 0.2) is 0 Å². The van der Waals surface area contributed by atoms with Gasteiger partial charge in [0.05, 0.1) is 6.61 Å². The lowest BCUT2D eigenvalue weighted by Crippen LogP contribution is -2.06.